The third-order valence-corrected chi connectivity index (χ3v) is 3.46. The van der Waals surface area contributed by atoms with E-state index in [1.807, 2.05) is 32.0 Å². The number of benzene rings is 1. The van der Waals surface area contributed by atoms with Gasteiger partial charge >= 0.3 is 12.2 Å². The first-order chi connectivity index (χ1) is 11.8. The zero-order chi connectivity index (χ0) is 18.4. The molecule has 0 unspecified atom stereocenters. The maximum Gasteiger partial charge on any atom is 0.419 e. The van der Waals surface area contributed by atoms with Crippen LogP contribution in [0.1, 0.15) is 16.7 Å². The number of amides is 2. The fourth-order valence-corrected chi connectivity index (χ4v) is 2.17. The van der Waals surface area contributed by atoms with Crippen LogP contribution in [0.2, 0.25) is 0 Å². The van der Waals surface area contributed by atoms with Crippen LogP contribution in [0.3, 0.4) is 0 Å². The van der Waals surface area contributed by atoms with Gasteiger partial charge in [-0.3, -0.25) is 0 Å². The van der Waals surface area contributed by atoms with Gasteiger partial charge in [0.2, 0.25) is 0 Å². The number of halogens is 3. The molecule has 0 saturated carbocycles. The normalized spacial score (nSPS) is 11.1. The second-order valence-corrected chi connectivity index (χ2v) is 5.52. The predicted molar refractivity (Wildman–Crippen MR) is 90.7 cm³/mol. The number of carbonyl (C=O) groups excluding carboxylic acids is 1. The Hall–Kier alpha value is -2.77. The fraction of sp³-hybridized carbons (Fsp3) is 0.294. The van der Waals surface area contributed by atoms with E-state index >= 15 is 0 Å². The molecule has 1 aromatic heterocycles. The van der Waals surface area contributed by atoms with Crippen molar-refractivity contribution in [1.82, 2.24) is 10.3 Å². The molecule has 0 bridgehead atoms. The van der Waals surface area contributed by atoms with E-state index in [2.05, 4.69) is 20.9 Å². The molecule has 0 saturated heterocycles. The van der Waals surface area contributed by atoms with E-state index < -0.39 is 17.8 Å². The number of hydrogen-bond donors (Lipinski definition) is 3. The van der Waals surface area contributed by atoms with Gasteiger partial charge in [-0.05, 0) is 43.2 Å². The molecule has 8 heteroatoms. The Labute approximate surface area is 143 Å². The lowest BCUT2D eigenvalue weighted by molar-refractivity contribution is -0.137. The number of hydrogen-bond acceptors (Lipinski definition) is 3. The first-order valence-corrected chi connectivity index (χ1v) is 7.65. The number of pyridine rings is 1. The Morgan fingerprint density at radius 3 is 2.64 bits per heavy atom. The molecular formula is C17H19F3N4O. The second kappa shape index (κ2) is 7.87. The summed E-state index contributed by atoms with van der Waals surface area (Å²) in [6.07, 6.45) is -3.21. The molecule has 25 heavy (non-hydrogen) atoms. The Kier molecular flexibility index (Phi) is 5.84. The summed E-state index contributed by atoms with van der Waals surface area (Å²) in [5.41, 5.74) is 1.78. The fourth-order valence-electron chi connectivity index (χ4n) is 2.17. The monoisotopic (exact) mass is 352 g/mol. The lowest BCUT2D eigenvalue weighted by atomic mass is 10.1. The number of anilines is 2. The van der Waals surface area contributed by atoms with E-state index in [0.29, 0.717) is 5.69 Å². The van der Waals surface area contributed by atoms with Crippen LogP contribution in [-0.2, 0) is 6.18 Å². The topological polar surface area (TPSA) is 66.1 Å². The number of rotatable bonds is 5. The maximum absolute atomic E-state index is 12.8. The average Bonchev–Trinajstić information content (AvgIpc) is 2.54. The van der Waals surface area contributed by atoms with Gasteiger partial charge in [-0.1, -0.05) is 12.1 Å². The minimum absolute atomic E-state index is 0.111. The molecule has 1 heterocycles. The van der Waals surface area contributed by atoms with E-state index in [9.17, 15) is 18.0 Å². The van der Waals surface area contributed by atoms with Gasteiger partial charge in [-0.15, -0.1) is 0 Å². The smallest absolute Gasteiger partial charge is 0.368 e. The Morgan fingerprint density at radius 2 is 1.92 bits per heavy atom. The molecule has 2 amide bonds. The van der Waals surface area contributed by atoms with Gasteiger partial charge in [-0.25, -0.2) is 9.78 Å². The van der Waals surface area contributed by atoms with Gasteiger partial charge in [0, 0.05) is 25.0 Å². The van der Waals surface area contributed by atoms with E-state index in [4.69, 9.17) is 0 Å². The van der Waals surface area contributed by atoms with Gasteiger partial charge in [0.05, 0.1) is 5.56 Å². The van der Waals surface area contributed by atoms with Crippen molar-refractivity contribution < 1.29 is 18.0 Å². The third-order valence-electron chi connectivity index (χ3n) is 3.46. The summed E-state index contributed by atoms with van der Waals surface area (Å²) >= 11 is 0. The quantitative estimate of drug-likeness (QED) is 0.714. The van der Waals surface area contributed by atoms with E-state index in [0.717, 1.165) is 17.2 Å². The van der Waals surface area contributed by atoms with Crippen molar-refractivity contribution >= 4 is 17.5 Å². The Bertz CT molecular complexity index is 747. The molecule has 3 N–H and O–H groups in total. The van der Waals surface area contributed by atoms with Crippen molar-refractivity contribution in [3.05, 3.63) is 53.2 Å². The van der Waals surface area contributed by atoms with E-state index in [-0.39, 0.29) is 18.9 Å². The van der Waals surface area contributed by atoms with Crippen molar-refractivity contribution in [3.8, 4) is 0 Å². The van der Waals surface area contributed by atoms with Crippen molar-refractivity contribution in [2.24, 2.45) is 0 Å². The van der Waals surface area contributed by atoms with Crippen molar-refractivity contribution in [2.45, 2.75) is 20.0 Å². The van der Waals surface area contributed by atoms with Crippen LogP contribution >= 0.6 is 0 Å². The number of urea groups is 1. The molecule has 0 fully saturated rings. The first-order valence-electron chi connectivity index (χ1n) is 7.65. The summed E-state index contributed by atoms with van der Waals surface area (Å²) in [6, 6.07) is 7.43. The molecule has 134 valence electrons. The maximum atomic E-state index is 12.8. The minimum Gasteiger partial charge on any atom is -0.368 e. The number of aromatic nitrogens is 1. The molecule has 5 nitrogen and oxygen atoms in total. The van der Waals surface area contributed by atoms with Gasteiger partial charge in [-0.2, -0.15) is 13.2 Å². The zero-order valence-electron chi connectivity index (χ0n) is 13.9. The van der Waals surface area contributed by atoms with Gasteiger partial charge in [0.25, 0.3) is 0 Å². The molecule has 0 spiro atoms. The third kappa shape index (κ3) is 5.37. The van der Waals surface area contributed by atoms with E-state index in [1.165, 1.54) is 12.3 Å². The molecule has 0 aliphatic heterocycles. The molecule has 1 aromatic carbocycles. The van der Waals surface area contributed by atoms with Gasteiger partial charge < -0.3 is 16.0 Å². The highest BCUT2D eigenvalue weighted by atomic mass is 19.4. The highest BCUT2D eigenvalue weighted by Crippen LogP contribution is 2.33. The summed E-state index contributed by atoms with van der Waals surface area (Å²) in [6.45, 7) is 4.04. The summed E-state index contributed by atoms with van der Waals surface area (Å²) < 4.78 is 38.5. The van der Waals surface area contributed by atoms with Crippen molar-refractivity contribution in [1.29, 1.82) is 0 Å². The molecule has 0 aliphatic carbocycles. The van der Waals surface area contributed by atoms with Crippen LogP contribution in [0, 0.1) is 13.8 Å². The van der Waals surface area contributed by atoms with Crippen molar-refractivity contribution in [2.75, 3.05) is 23.7 Å². The summed E-state index contributed by atoms with van der Waals surface area (Å²) in [7, 11) is 0. The Balaban J connectivity index is 1.84. The van der Waals surface area contributed by atoms with Crippen LogP contribution < -0.4 is 16.0 Å². The number of nitrogens with one attached hydrogen (secondary N) is 3. The number of alkyl halides is 3. The van der Waals surface area contributed by atoms with Gasteiger partial charge in [0.15, 0.2) is 0 Å². The molecular weight excluding hydrogens is 333 g/mol. The van der Waals surface area contributed by atoms with Crippen LogP contribution in [0.4, 0.5) is 29.5 Å². The lowest BCUT2D eigenvalue weighted by Crippen LogP contribution is -2.33. The summed E-state index contributed by atoms with van der Waals surface area (Å²) in [5, 5.41) is 7.88. The lowest BCUT2D eigenvalue weighted by Gasteiger charge is -2.14. The predicted octanol–water partition coefficient (Wildman–Crippen LogP) is 3.95. The first kappa shape index (κ1) is 18.6. The Morgan fingerprint density at radius 1 is 1.16 bits per heavy atom. The zero-order valence-corrected chi connectivity index (χ0v) is 13.9. The van der Waals surface area contributed by atoms with Crippen LogP contribution in [-0.4, -0.2) is 24.1 Å². The van der Waals surface area contributed by atoms with Crippen LogP contribution in [0.5, 0.6) is 0 Å². The van der Waals surface area contributed by atoms with E-state index in [1.54, 1.807) is 0 Å². The molecule has 2 rings (SSSR count). The van der Waals surface area contributed by atoms with Crippen molar-refractivity contribution in [3.63, 3.8) is 0 Å². The standard InChI is InChI=1S/C17H19F3N4O/c1-11-5-6-12(2)14(10-11)24-16(25)23-9-8-22-15-13(17(18,19)20)4-3-7-21-15/h3-7,10H,8-9H2,1-2H3,(H,21,22)(H2,23,24,25). The second-order valence-electron chi connectivity index (χ2n) is 5.52. The molecule has 0 aliphatic rings. The molecule has 0 radical (unpaired) electrons. The molecule has 0 atom stereocenters. The minimum atomic E-state index is -4.48. The van der Waals surface area contributed by atoms with Gasteiger partial charge in [0.1, 0.15) is 5.82 Å². The SMILES string of the molecule is Cc1ccc(C)c(NC(=O)NCCNc2ncccc2C(F)(F)F)c1. The number of carbonyl (C=O) groups is 1. The highest BCUT2D eigenvalue weighted by Gasteiger charge is 2.33. The number of aryl methyl sites for hydroxylation is 2. The summed E-state index contributed by atoms with van der Waals surface area (Å²) in [5.74, 6) is -0.258. The van der Waals surface area contributed by atoms with Crippen LogP contribution in [0.25, 0.3) is 0 Å². The average molecular weight is 352 g/mol. The summed E-state index contributed by atoms with van der Waals surface area (Å²) in [4.78, 5) is 15.6. The van der Waals surface area contributed by atoms with Crippen LogP contribution in [0.15, 0.2) is 36.5 Å². The largest absolute Gasteiger partial charge is 0.419 e. The molecule has 2 aromatic rings. The highest BCUT2D eigenvalue weighted by molar-refractivity contribution is 5.90. The number of nitrogens with zero attached hydrogens (tertiary/aromatic N) is 1.